The SMILES string of the molecule is Cc1ccccc1C(=O)NN=Cc1ccc(OCC(=O)O)cc1. The molecule has 0 atom stereocenters. The first kappa shape index (κ1) is 16.2. The minimum absolute atomic E-state index is 0.277. The number of aryl methyl sites for hydroxylation is 1. The molecule has 0 saturated heterocycles. The van der Waals surface area contributed by atoms with Gasteiger partial charge in [-0.25, -0.2) is 10.2 Å². The molecular formula is C17H16N2O4. The molecule has 0 fully saturated rings. The van der Waals surface area contributed by atoms with Gasteiger partial charge >= 0.3 is 5.97 Å². The lowest BCUT2D eigenvalue weighted by atomic mass is 10.1. The zero-order valence-electron chi connectivity index (χ0n) is 12.5. The van der Waals surface area contributed by atoms with Gasteiger partial charge in [-0.3, -0.25) is 4.79 Å². The van der Waals surface area contributed by atoms with Gasteiger partial charge in [0, 0.05) is 5.56 Å². The second-order valence-corrected chi connectivity index (χ2v) is 4.77. The number of nitrogens with one attached hydrogen (secondary N) is 1. The number of nitrogens with zero attached hydrogens (tertiary/aromatic N) is 1. The predicted molar refractivity (Wildman–Crippen MR) is 85.8 cm³/mol. The van der Waals surface area contributed by atoms with Crippen molar-refractivity contribution in [3.05, 3.63) is 65.2 Å². The van der Waals surface area contributed by atoms with Crippen molar-refractivity contribution in [2.75, 3.05) is 6.61 Å². The van der Waals surface area contributed by atoms with E-state index in [1.165, 1.54) is 6.21 Å². The number of hydrogen-bond acceptors (Lipinski definition) is 4. The van der Waals surface area contributed by atoms with E-state index in [-0.39, 0.29) is 12.5 Å². The number of aliphatic carboxylic acids is 1. The zero-order valence-corrected chi connectivity index (χ0v) is 12.5. The molecule has 0 radical (unpaired) electrons. The smallest absolute Gasteiger partial charge is 0.341 e. The van der Waals surface area contributed by atoms with Crippen LogP contribution in [0.15, 0.2) is 53.6 Å². The Bertz CT molecular complexity index is 724. The van der Waals surface area contributed by atoms with Crippen LogP contribution in [0.3, 0.4) is 0 Å². The van der Waals surface area contributed by atoms with Crippen LogP contribution in [-0.2, 0) is 4.79 Å². The molecule has 0 aliphatic carbocycles. The number of amides is 1. The van der Waals surface area contributed by atoms with Crippen LogP contribution in [0.2, 0.25) is 0 Å². The molecule has 6 heteroatoms. The molecule has 23 heavy (non-hydrogen) atoms. The van der Waals surface area contributed by atoms with Crippen LogP contribution in [0.25, 0.3) is 0 Å². The van der Waals surface area contributed by atoms with E-state index < -0.39 is 5.97 Å². The third-order valence-electron chi connectivity index (χ3n) is 3.01. The highest BCUT2D eigenvalue weighted by atomic mass is 16.5. The van der Waals surface area contributed by atoms with Crippen LogP contribution in [0, 0.1) is 6.92 Å². The van der Waals surface area contributed by atoms with Gasteiger partial charge in [0.1, 0.15) is 5.75 Å². The molecule has 0 unspecified atom stereocenters. The number of hydrazone groups is 1. The molecule has 0 heterocycles. The Kier molecular flexibility index (Phi) is 5.46. The molecule has 0 spiro atoms. The number of benzene rings is 2. The Morgan fingerprint density at radius 2 is 1.87 bits per heavy atom. The number of rotatable bonds is 6. The van der Waals surface area contributed by atoms with Gasteiger partial charge in [0.05, 0.1) is 6.21 Å². The standard InChI is InChI=1S/C17H16N2O4/c1-12-4-2-3-5-15(12)17(22)19-18-10-13-6-8-14(9-7-13)23-11-16(20)21/h2-10H,11H2,1H3,(H,19,22)(H,20,21). The van der Waals surface area contributed by atoms with Crippen LogP contribution in [0.1, 0.15) is 21.5 Å². The second-order valence-electron chi connectivity index (χ2n) is 4.77. The van der Waals surface area contributed by atoms with Gasteiger partial charge in [0.25, 0.3) is 5.91 Å². The first-order valence-electron chi connectivity index (χ1n) is 6.90. The van der Waals surface area contributed by atoms with Crippen molar-refractivity contribution in [2.24, 2.45) is 5.10 Å². The molecule has 118 valence electrons. The molecule has 2 N–H and O–H groups in total. The van der Waals surface area contributed by atoms with E-state index >= 15 is 0 Å². The number of carboxylic acid groups (broad SMARTS) is 1. The second kappa shape index (κ2) is 7.74. The summed E-state index contributed by atoms with van der Waals surface area (Å²) in [5, 5.41) is 12.4. The van der Waals surface area contributed by atoms with Crippen molar-refractivity contribution in [1.82, 2.24) is 5.43 Å². The van der Waals surface area contributed by atoms with E-state index in [4.69, 9.17) is 9.84 Å². The minimum Gasteiger partial charge on any atom is -0.482 e. The maximum Gasteiger partial charge on any atom is 0.341 e. The van der Waals surface area contributed by atoms with Gasteiger partial charge in [0.2, 0.25) is 0 Å². The van der Waals surface area contributed by atoms with Gasteiger partial charge in [-0.2, -0.15) is 5.10 Å². The molecule has 0 aliphatic rings. The van der Waals surface area contributed by atoms with Crippen LogP contribution in [0.4, 0.5) is 0 Å². The van der Waals surface area contributed by atoms with E-state index in [1.54, 1.807) is 36.4 Å². The van der Waals surface area contributed by atoms with Crippen LogP contribution in [0.5, 0.6) is 5.75 Å². The Morgan fingerprint density at radius 1 is 1.17 bits per heavy atom. The van der Waals surface area contributed by atoms with E-state index in [2.05, 4.69) is 10.5 Å². The summed E-state index contributed by atoms with van der Waals surface area (Å²) in [5.41, 5.74) is 4.66. The topological polar surface area (TPSA) is 88.0 Å². The summed E-state index contributed by atoms with van der Waals surface area (Å²) >= 11 is 0. The lowest BCUT2D eigenvalue weighted by Gasteiger charge is -2.04. The molecule has 0 aliphatic heterocycles. The van der Waals surface area contributed by atoms with Crippen LogP contribution >= 0.6 is 0 Å². The quantitative estimate of drug-likeness (QED) is 0.632. The molecule has 6 nitrogen and oxygen atoms in total. The summed E-state index contributed by atoms with van der Waals surface area (Å²) in [6, 6.07) is 13.9. The number of carbonyl (C=O) groups excluding carboxylic acids is 1. The lowest BCUT2D eigenvalue weighted by molar-refractivity contribution is -0.139. The van der Waals surface area contributed by atoms with Crippen LogP contribution in [-0.4, -0.2) is 29.8 Å². The summed E-state index contributed by atoms with van der Waals surface area (Å²) in [7, 11) is 0. The Balaban J connectivity index is 1.92. The fourth-order valence-corrected chi connectivity index (χ4v) is 1.85. The average molecular weight is 312 g/mol. The first-order chi connectivity index (χ1) is 11.1. The number of hydrogen-bond donors (Lipinski definition) is 2. The molecule has 2 aromatic carbocycles. The van der Waals surface area contributed by atoms with Gasteiger partial charge in [-0.05, 0) is 48.4 Å². The molecule has 2 rings (SSSR count). The van der Waals surface area contributed by atoms with Gasteiger partial charge in [0.15, 0.2) is 6.61 Å². The van der Waals surface area contributed by atoms with E-state index in [0.29, 0.717) is 11.3 Å². The fraction of sp³-hybridized carbons (Fsp3) is 0.118. The third kappa shape index (κ3) is 4.96. The van der Waals surface area contributed by atoms with Crippen molar-refractivity contribution in [1.29, 1.82) is 0 Å². The average Bonchev–Trinajstić information content (AvgIpc) is 2.54. The van der Waals surface area contributed by atoms with Crippen molar-refractivity contribution in [3.8, 4) is 5.75 Å². The number of carbonyl (C=O) groups is 2. The summed E-state index contributed by atoms with van der Waals surface area (Å²) in [6.07, 6.45) is 1.50. The zero-order chi connectivity index (χ0) is 16.7. The molecule has 2 aromatic rings. The first-order valence-corrected chi connectivity index (χ1v) is 6.90. The van der Waals surface area contributed by atoms with Crippen molar-refractivity contribution in [3.63, 3.8) is 0 Å². The predicted octanol–water partition coefficient (Wildman–Crippen LogP) is 2.22. The van der Waals surface area contributed by atoms with Gasteiger partial charge in [-0.1, -0.05) is 18.2 Å². The van der Waals surface area contributed by atoms with Crippen molar-refractivity contribution >= 4 is 18.1 Å². The molecule has 0 saturated carbocycles. The maximum atomic E-state index is 12.0. The van der Waals surface area contributed by atoms with Crippen LogP contribution < -0.4 is 10.2 Å². The lowest BCUT2D eigenvalue weighted by Crippen LogP contribution is -2.18. The third-order valence-corrected chi connectivity index (χ3v) is 3.01. The maximum absolute atomic E-state index is 12.0. The Morgan fingerprint density at radius 3 is 2.52 bits per heavy atom. The molecular weight excluding hydrogens is 296 g/mol. The van der Waals surface area contributed by atoms with Gasteiger partial charge < -0.3 is 9.84 Å². The Hall–Kier alpha value is -3.15. The van der Waals surface area contributed by atoms with E-state index in [9.17, 15) is 9.59 Å². The van der Waals surface area contributed by atoms with E-state index in [0.717, 1.165) is 11.1 Å². The summed E-state index contributed by atoms with van der Waals surface area (Å²) in [5.74, 6) is -0.858. The fourth-order valence-electron chi connectivity index (χ4n) is 1.85. The van der Waals surface area contributed by atoms with Crippen molar-refractivity contribution < 1.29 is 19.4 Å². The molecule has 1 amide bonds. The monoisotopic (exact) mass is 312 g/mol. The summed E-state index contributed by atoms with van der Waals surface area (Å²) < 4.78 is 5.02. The Labute approximate surface area is 133 Å². The molecule has 0 bridgehead atoms. The normalized spacial score (nSPS) is 10.5. The number of carboxylic acids is 1. The highest BCUT2D eigenvalue weighted by molar-refractivity contribution is 5.96. The summed E-state index contributed by atoms with van der Waals surface area (Å²) in [6.45, 7) is 1.47. The van der Waals surface area contributed by atoms with Crippen molar-refractivity contribution in [2.45, 2.75) is 6.92 Å². The molecule has 0 aromatic heterocycles. The highest BCUT2D eigenvalue weighted by Gasteiger charge is 2.06. The van der Waals surface area contributed by atoms with Gasteiger partial charge in [-0.15, -0.1) is 0 Å². The minimum atomic E-state index is -1.03. The largest absolute Gasteiger partial charge is 0.482 e. The van der Waals surface area contributed by atoms with E-state index in [1.807, 2.05) is 19.1 Å². The summed E-state index contributed by atoms with van der Waals surface area (Å²) in [4.78, 5) is 22.4. The highest BCUT2D eigenvalue weighted by Crippen LogP contribution is 2.11. The number of ether oxygens (including phenoxy) is 1.